The molecule has 120 valence electrons. The highest BCUT2D eigenvalue weighted by Crippen LogP contribution is 2.34. The van der Waals surface area contributed by atoms with Crippen molar-refractivity contribution in [2.75, 3.05) is 13.2 Å². The predicted octanol–water partition coefficient (Wildman–Crippen LogP) is 2.67. The molecule has 2 aliphatic heterocycles. The Hall–Kier alpha value is -1.40. The van der Waals surface area contributed by atoms with Crippen LogP contribution in [0.25, 0.3) is 0 Å². The molecule has 7 heteroatoms. The number of benzene rings is 1. The van der Waals surface area contributed by atoms with Gasteiger partial charge in [0.2, 0.25) is 5.91 Å². The minimum Gasteiger partial charge on any atom is -0.493 e. The summed E-state index contributed by atoms with van der Waals surface area (Å²) in [4.78, 5) is 12.2. The van der Waals surface area contributed by atoms with Crippen molar-refractivity contribution in [2.24, 2.45) is 0 Å². The van der Waals surface area contributed by atoms with Gasteiger partial charge in [0.05, 0.1) is 25.2 Å². The Morgan fingerprint density at radius 2 is 2.27 bits per heavy atom. The van der Waals surface area contributed by atoms with Crippen molar-refractivity contribution < 1.29 is 18.3 Å². The van der Waals surface area contributed by atoms with Crippen LogP contribution in [0.4, 0.5) is 8.78 Å². The molecule has 22 heavy (non-hydrogen) atoms. The van der Waals surface area contributed by atoms with Crippen LogP contribution in [-0.4, -0.2) is 31.0 Å². The van der Waals surface area contributed by atoms with Crippen molar-refractivity contribution in [3.05, 3.63) is 28.8 Å². The first kappa shape index (κ1) is 15.5. The van der Waals surface area contributed by atoms with Crippen LogP contribution in [0.2, 0.25) is 5.02 Å². The van der Waals surface area contributed by atoms with Crippen molar-refractivity contribution in [3.63, 3.8) is 0 Å². The fourth-order valence-electron chi connectivity index (χ4n) is 2.87. The number of rotatable bonds is 2. The van der Waals surface area contributed by atoms with Crippen LogP contribution in [0.15, 0.2) is 18.2 Å². The number of nitrogens with one attached hydrogen (secondary N) is 2. The summed E-state index contributed by atoms with van der Waals surface area (Å²) >= 11 is 5.96. The molecule has 0 radical (unpaired) electrons. The first-order valence-corrected chi connectivity index (χ1v) is 7.66. The highest BCUT2D eigenvalue weighted by Gasteiger charge is 2.42. The highest BCUT2D eigenvalue weighted by atomic mass is 35.5. The largest absolute Gasteiger partial charge is 0.493 e. The summed E-state index contributed by atoms with van der Waals surface area (Å²) in [5.41, 5.74) is 0.833. The molecule has 4 nitrogen and oxygen atoms in total. The molecule has 0 spiro atoms. The number of amides is 1. The quantitative estimate of drug-likeness (QED) is 0.876. The third-order valence-electron chi connectivity index (χ3n) is 3.99. The zero-order chi connectivity index (χ0) is 15.7. The molecule has 1 aromatic carbocycles. The maximum atomic E-state index is 13.2. The second-order valence-corrected chi connectivity index (χ2v) is 6.16. The van der Waals surface area contributed by atoms with Crippen molar-refractivity contribution in [1.82, 2.24) is 10.6 Å². The Balaban J connectivity index is 1.74. The van der Waals surface area contributed by atoms with E-state index in [-0.39, 0.29) is 6.04 Å². The number of fused-ring (bicyclic) bond motifs is 1. The van der Waals surface area contributed by atoms with Crippen LogP contribution in [0.3, 0.4) is 0 Å². The molecule has 0 aromatic heterocycles. The molecule has 2 unspecified atom stereocenters. The molecule has 1 saturated heterocycles. The molecule has 1 amide bonds. The smallest absolute Gasteiger partial charge is 0.262 e. The fourth-order valence-corrected chi connectivity index (χ4v) is 3.03. The van der Waals surface area contributed by atoms with Gasteiger partial charge in [-0.1, -0.05) is 17.7 Å². The molecule has 1 fully saturated rings. The van der Waals surface area contributed by atoms with Gasteiger partial charge in [0, 0.05) is 17.0 Å². The van der Waals surface area contributed by atoms with E-state index in [9.17, 15) is 13.6 Å². The van der Waals surface area contributed by atoms with Gasteiger partial charge >= 0.3 is 0 Å². The summed E-state index contributed by atoms with van der Waals surface area (Å²) in [6, 6.07) is 4.15. The Kier molecular flexibility index (Phi) is 4.23. The number of ether oxygens (including phenoxy) is 1. The molecule has 2 heterocycles. The van der Waals surface area contributed by atoms with Crippen LogP contribution in [0, 0.1) is 0 Å². The minimum atomic E-state index is -2.82. The SMILES string of the molecule is O=C(NC1CCCOc2cc(Cl)ccc21)C1CC(F)(F)CN1. The number of halogens is 3. The lowest BCUT2D eigenvalue weighted by atomic mass is 10.0. The summed E-state index contributed by atoms with van der Waals surface area (Å²) in [5, 5.41) is 5.99. The second kappa shape index (κ2) is 6.01. The maximum absolute atomic E-state index is 13.2. The van der Waals surface area contributed by atoms with Crippen LogP contribution in [0.5, 0.6) is 5.75 Å². The van der Waals surface area contributed by atoms with E-state index >= 15 is 0 Å². The average molecular weight is 331 g/mol. The van der Waals surface area contributed by atoms with E-state index < -0.39 is 30.8 Å². The van der Waals surface area contributed by atoms with Gasteiger partial charge in [0.25, 0.3) is 5.92 Å². The van der Waals surface area contributed by atoms with Gasteiger partial charge < -0.3 is 10.1 Å². The predicted molar refractivity (Wildman–Crippen MR) is 78.4 cm³/mol. The maximum Gasteiger partial charge on any atom is 0.262 e. The second-order valence-electron chi connectivity index (χ2n) is 5.73. The van der Waals surface area contributed by atoms with Crippen molar-refractivity contribution in [2.45, 2.75) is 37.3 Å². The van der Waals surface area contributed by atoms with Gasteiger partial charge in [-0.15, -0.1) is 0 Å². The van der Waals surface area contributed by atoms with E-state index in [1.54, 1.807) is 12.1 Å². The third-order valence-corrected chi connectivity index (χ3v) is 4.22. The zero-order valence-electron chi connectivity index (χ0n) is 11.9. The molecular weight excluding hydrogens is 314 g/mol. The van der Waals surface area contributed by atoms with Crippen molar-refractivity contribution in [3.8, 4) is 5.75 Å². The van der Waals surface area contributed by atoms with E-state index in [1.807, 2.05) is 6.07 Å². The van der Waals surface area contributed by atoms with Crippen LogP contribution < -0.4 is 15.4 Å². The Labute approximate surface area is 132 Å². The number of carbonyl (C=O) groups excluding carboxylic acids is 1. The first-order valence-electron chi connectivity index (χ1n) is 7.28. The topological polar surface area (TPSA) is 50.4 Å². The summed E-state index contributed by atoms with van der Waals surface area (Å²) in [5.74, 6) is -2.58. The number of alkyl halides is 2. The number of hydrogen-bond acceptors (Lipinski definition) is 3. The van der Waals surface area contributed by atoms with Gasteiger partial charge in [-0.25, -0.2) is 8.78 Å². The summed E-state index contributed by atoms with van der Waals surface area (Å²) in [7, 11) is 0. The van der Waals surface area contributed by atoms with Gasteiger partial charge in [0.15, 0.2) is 0 Å². The Bertz CT molecular complexity index is 583. The van der Waals surface area contributed by atoms with Gasteiger partial charge in [-0.3, -0.25) is 10.1 Å². The monoisotopic (exact) mass is 330 g/mol. The van der Waals surface area contributed by atoms with E-state index in [0.29, 0.717) is 23.8 Å². The molecule has 0 bridgehead atoms. The van der Waals surface area contributed by atoms with Gasteiger partial charge in [-0.05, 0) is 25.0 Å². The normalized spacial score (nSPS) is 26.7. The fraction of sp³-hybridized carbons (Fsp3) is 0.533. The standard InChI is InChI=1S/C15H17ClF2N2O2/c16-9-3-4-10-11(2-1-5-22-13(10)6-9)20-14(21)12-7-15(17,18)8-19-12/h3-4,6,11-12,19H,1-2,5,7-8H2,(H,20,21). The Morgan fingerprint density at radius 3 is 3.00 bits per heavy atom. The zero-order valence-corrected chi connectivity index (χ0v) is 12.6. The van der Waals surface area contributed by atoms with Crippen molar-refractivity contribution in [1.29, 1.82) is 0 Å². The molecule has 2 N–H and O–H groups in total. The molecule has 0 saturated carbocycles. The van der Waals surface area contributed by atoms with Crippen LogP contribution in [0.1, 0.15) is 30.9 Å². The minimum absolute atomic E-state index is 0.252. The van der Waals surface area contributed by atoms with Crippen LogP contribution in [-0.2, 0) is 4.79 Å². The first-order chi connectivity index (χ1) is 10.4. The average Bonchev–Trinajstić information content (AvgIpc) is 2.71. The Morgan fingerprint density at radius 1 is 1.45 bits per heavy atom. The lowest BCUT2D eigenvalue weighted by molar-refractivity contribution is -0.124. The van der Waals surface area contributed by atoms with Gasteiger partial charge in [-0.2, -0.15) is 0 Å². The highest BCUT2D eigenvalue weighted by molar-refractivity contribution is 6.30. The summed E-state index contributed by atoms with van der Waals surface area (Å²) in [6.07, 6.45) is 1.00. The summed E-state index contributed by atoms with van der Waals surface area (Å²) < 4.78 is 32.0. The van der Waals surface area contributed by atoms with E-state index in [1.165, 1.54) is 0 Å². The van der Waals surface area contributed by atoms with Crippen LogP contribution >= 0.6 is 11.6 Å². The van der Waals surface area contributed by atoms with Gasteiger partial charge in [0.1, 0.15) is 5.75 Å². The lowest BCUT2D eigenvalue weighted by Gasteiger charge is -2.20. The molecule has 2 atom stereocenters. The summed E-state index contributed by atoms with van der Waals surface area (Å²) in [6.45, 7) is 0.0878. The van der Waals surface area contributed by atoms with E-state index in [4.69, 9.17) is 16.3 Å². The molecular formula is C15H17ClF2N2O2. The molecule has 0 aliphatic carbocycles. The molecule has 2 aliphatic rings. The third kappa shape index (κ3) is 3.33. The lowest BCUT2D eigenvalue weighted by Crippen LogP contribution is -2.42. The molecule has 3 rings (SSSR count). The number of hydrogen-bond donors (Lipinski definition) is 2. The van der Waals surface area contributed by atoms with E-state index in [2.05, 4.69) is 10.6 Å². The number of carbonyl (C=O) groups is 1. The molecule has 1 aromatic rings. The van der Waals surface area contributed by atoms with Crippen molar-refractivity contribution >= 4 is 17.5 Å². The van der Waals surface area contributed by atoms with E-state index in [0.717, 1.165) is 12.0 Å².